The van der Waals surface area contributed by atoms with Crippen LogP contribution in [-0.2, 0) is 4.79 Å². The molecular weight excluding hydrogens is 138 g/mol. The summed E-state index contributed by atoms with van der Waals surface area (Å²) in [6, 6.07) is 0. The molecule has 0 saturated carbocycles. The second-order valence-electron chi connectivity index (χ2n) is 1.56. The molecule has 4 heteroatoms. The third-order valence-electron chi connectivity index (χ3n) is 0.905. The van der Waals surface area contributed by atoms with Crippen LogP contribution in [0.4, 0.5) is 0 Å². The Kier molecular flexibility index (Phi) is 2.10. The second-order valence-corrected chi connectivity index (χ2v) is 2.54. The van der Waals surface area contributed by atoms with Gasteiger partial charge in [0.15, 0.2) is 0 Å². The zero-order chi connectivity index (χ0) is 6.69. The number of carboxylic acid groups (broad SMARTS) is 1. The average molecular weight is 144 g/mol. The van der Waals surface area contributed by atoms with Crippen LogP contribution in [0.15, 0.2) is 4.99 Å². The molecule has 3 nitrogen and oxygen atoms in total. The lowest BCUT2D eigenvalue weighted by atomic mass is 10.4. The number of hydrogen-bond acceptors (Lipinski definition) is 3. The molecule has 1 heterocycles. The first-order chi connectivity index (χ1) is 4.30. The van der Waals surface area contributed by atoms with Crippen LogP contribution in [0.2, 0.25) is 0 Å². The fourth-order valence-electron chi connectivity index (χ4n) is 0.512. The van der Waals surface area contributed by atoms with Crippen LogP contribution in [0, 0.1) is 5.75 Å². The molecule has 0 saturated heterocycles. The van der Waals surface area contributed by atoms with Crippen molar-refractivity contribution in [3.63, 3.8) is 0 Å². The standard InChI is InChI=1S/C5H6NO2S/c7-5(8)4-3-9-2-1-6-4/h3H,1-2H2,(H,7,8). The number of thioether (sulfide) groups is 1. The third-order valence-corrected chi connectivity index (χ3v) is 1.71. The lowest BCUT2D eigenvalue weighted by Gasteiger charge is -2.05. The summed E-state index contributed by atoms with van der Waals surface area (Å²) in [4.78, 5) is 13.9. The molecule has 0 fully saturated rings. The number of nitrogens with zero attached hydrogens (tertiary/aromatic N) is 1. The summed E-state index contributed by atoms with van der Waals surface area (Å²) in [5.41, 5.74) is 0.186. The maximum absolute atomic E-state index is 10.2. The van der Waals surface area contributed by atoms with E-state index in [2.05, 4.69) is 4.99 Å². The Balaban J connectivity index is 2.57. The van der Waals surface area contributed by atoms with Crippen molar-refractivity contribution >= 4 is 23.4 Å². The lowest BCUT2D eigenvalue weighted by molar-refractivity contribution is -0.129. The highest BCUT2D eigenvalue weighted by molar-refractivity contribution is 8.02. The molecule has 0 aromatic rings. The number of hydrogen-bond donors (Lipinski definition) is 1. The number of carboxylic acids is 1. The molecular formula is C5H6NO2S. The van der Waals surface area contributed by atoms with Crippen LogP contribution in [-0.4, -0.2) is 29.1 Å². The topological polar surface area (TPSA) is 49.7 Å². The Hall–Kier alpha value is -0.510. The van der Waals surface area contributed by atoms with Crippen molar-refractivity contribution in [1.82, 2.24) is 0 Å². The molecule has 9 heavy (non-hydrogen) atoms. The predicted octanol–water partition coefficient (Wildman–Crippen LogP) is 0.421. The molecule has 1 radical (unpaired) electrons. The van der Waals surface area contributed by atoms with Crippen molar-refractivity contribution in [1.29, 1.82) is 0 Å². The molecule has 49 valence electrons. The van der Waals surface area contributed by atoms with Crippen LogP contribution in [0.5, 0.6) is 0 Å². The Morgan fingerprint density at radius 1 is 1.89 bits per heavy atom. The van der Waals surface area contributed by atoms with Gasteiger partial charge in [-0.1, -0.05) is 0 Å². The van der Waals surface area contributed by atoms with Crippen molar-refractivity contribution < 1.29 is 9.90 Å². The first-order valence-corrected chi connectivity index (χ1v) is 3.58. The molecule has 1 rings (SSSR count). The minimum atomic E-state index is -0.929. The van der Waals surface area contributed by atoms with E-state index in [0.717, 1.165) is 5.75 Å². The van der Waals surface area contributed by atoms with Gasteiger partial charge in [-0.2, -0.15) is 0 Å². The molecule has 0 aliphatic carbocycles. The van der Waals surface area contributed by atoms with Gasteiger partial charge < -0.3 is 5.11 Å². The fraction of sp³-hybridized carbons (Fsp3) is 0.400. The average Bonchev–Trinajstić information content (AvgIpc) is 1.90. The molecule has 0 aromatic carbocycles. The summed E-state index contributed by atoms with van der Waals surface area (Å²) in [6.07, 6.45) is 0. The van der Waals surface area contributed by atoms with Gasteiger partial charge in [0.25, 0.3) is 0 Å². The molecule has 0 atom stereocenters. The van der Waals surface area contributed by atoms with E-state index < -0.39 is 5.97 Å². The van der Waals surface area contributed by atoms with Gasteiger partial charge in [-0.05, 0) is 0 Å². The summed E-state index contributed by atoms with van der Waals surface area (Å²) in [5, 5.41) is 8.36. The smallest absolute Gasteiger partial charge is 0.350 e. The molecule has 0 unspecified atom stereocenters. The van der Waals surface area contributed by atoms with E-state index in [-0.39, 0.29) is 5.71 Å². The van der Waals surface area contributed by atoms with E-state index in [4.69, 9.17) is 5.11 Å². The molecule has 0 aromatic heterocycles. The maximum Gasteiger partial charge on any atom is 0.350 e. The Morgan fingerprint density at radius 2 is 2.67 bits per heavy atom. The van der Waals surface area contributed by atoms with Crippen LogP contribution >= 0.6 is 11.8 Å². The van der Waals surface area contributed by atoms with E-state index in [1.165, 1.54) is 11.8 Å². The second kappa shape index (κ2) is 2.87. The van der Waals surface area contributed by atoms with Crippen LogP contribution < -0.4 is 0 Å². The highest BCUT2D eigenvalue weighted by Gasteiger charge is 2.12. The van der Waals surface area contributed by atoms with Gasteiger partial charge in [0.2, 0.25) is 0 Å². The lowest BCUT2D eigenvalue weighted by Crippen LogP contribution is -2.16. The van der Waals surface area contributed by atoms with Gasteiger partial charge in [-0.3, -0.25) is 4.99 Å². The maximum atomic E-state index is 10.2. The summed E-state index contributed by atoms with van der Waals surface area (Å²) in [6.45, 7) is 0.628. The summed E-state index contributed by atoms with van der Waals surface area (Å²) in [5.74, 6) is 1.55. The summed E-state index contributed by atoms with van der Waals surface area (Å²) in [7, 11) is 0. The van der Waals surface area contributed by atoms with E-state index in [9.17, 15) is 4.79 Å². The number of carbonyl (C=O) groups is 1. The van der Waals surface area contributed by atoms with Crippen molar-refractivity contribution in [2.75, 3.05) is 12.3 Å². The zero-order valence-corrected chi connectivity index (χ0v) is 5.52. The molecule has 1 aliphatic rings. The quantitative estimate of drug-likeness (QED) is 0.580. The normalized spacial score (nSPS) is 18.9. The van der Waals surface area contributed by atoms with Crippen molar-refractivity contribution in [3.8, 4) is 0 Å². The SMILES string of the molecule is O=C(O)C1=NCCS[CH]1. The largest absolute Gasteiger partial charge is 0.477 e. The highest BCUT2D eigenvalue weighted by atomic mass is 32.2. The van der Waals surface area contributed by atoms with Gasteiger partial charge >= 0.3 is 5.97 Å². The van der Waals surface area contributed by atoms with Gasteiger partial charge in [0, 0.05) is 12.3 Å². The number of aliphatic imine (C=N–C) groups is 1. The van der Waals surface area contributed by atoms with Crippen LogP contribution in [0.3, 0.4) is 0 Å². The molecule has 0 bridgehead atoms. The molecule has 0 spiro atoms. The fourth-order valence-corrected chi connectivity index (χ4v) is 1.16. The van der Waals surface area contributed by atoms with Gasteiger partial charge in [-0.25, -0.2) is 4.79 Å². The van der Waals surface area contributed by atoms with E-state index in [0.29, 0.717) is 6.54 Å². The van der Waals surface area contributed by atoms with Crippen molar-refractivity contribution in [2.45, 2.75) is 0 Å². The highest BCUT2D eigenvalue weighted by Crippen LogP contribution is 2.11. The first kappa shape index (κ1) is 6.61. The van der Waals surface area contributed by atoms with Gasteiger partial charge in [0.1, 0.15) is 5.71 Å². The predicted molar refractivity (Wildman–Crippen MR) is 36.7 cm³/mol. The Labute approximate surface area is 57.2 Å². The number of rotatable bonds is 1. The van der Waals surface area contributed by atoms with Crippen LogP contribution in [0.25, 0.3) is 0 Å². The Bertz CT molecular complexity index is 155. The van der Waals surface area contributed by atoms with Crippen molar-refractivity contribution in [2.24, 2.45) is 4.99 Å². The van der Waals surface area contributed by atoms with E-state index >= 15 is 0 Å². The summed E-state index contributed by atoms with van der Waals surface area (Å²) < 4.78 is 0. The molecule has 1 aliphatic heterocycles. The van der Waals surface area contributed by atoms with Crippen molar-refractivity contribution in [3.05, 3.63) is 5.75 Å². The van der Waals surface area contributed by atoms with Gasteiger partial charge in [0.05, 0.1) is 5.75 Å². The third kappa shape index (κ3) is 1.71. The first-order valence-electron chi connectivity index (χ1n) is 2.53. The van der Waals surface area contributed by atoms with E-state index in [1.54, 1.807) is 5.75 Å². The minimum Gasteiger partial charge on any atom is -0.477 e. The Morgan fingerprint density at radius 3 is 3.00 bits per heavy atom. The molecule has 1 N–H and O–H groups in total. The van der Waals surface area contributed by atoms with Crippen LogP contribution in [0.1, 0.15) is 0 Å². The zero-order valence-electron chi connectivity index (χ0n) is 4.70. The van der Waals surface area contributed by atoms with Gasteiger partial charge in [-0.15, -0.1) is 11.8 Å². The number of aliphatic carboxylic acids is 1. The monoisotopic (exact) mass is 144 g/mol. The summed E-state index contributed by atoms with van der Waals surface area (Å²) >= 11 is 1.49. The minimum absolute atomic E-state index is 0.186. The molecule has 0 amide bonds. The van der Waals surface area contributed by atoms with E-state index in [1.807, 2.05) is 0 Å².